The summed E-state index contributed by atoms with van der Waals surface area (Å²) in [5.41, 5.74) is -0.962. The lowest BCUT2D eigenvalue weighted by Gasteiger charge is -2.31. The lowest BCUT2D eigenvalue weighted by atomic mass is 9.79. The molecular formula is C14H22N2O3. The second kappa shape index (κ2) is 4.96. The SMILES string of the molecule is CCC1(CC)OC(n2ccc(=O)[nH]c2=O)C(C)C1C. The van der Waals surface area contributed by atoms with Gasteiger partial charge < -0.3 is 4.74 Å². The number of nitrogens with zero attached hydrogens (tertiary/aromatic N) is 1. The summed E-state index contributed by atoms with van der Waals surface area (Å²) in [6.45, 7) is 8.50. The summed E-state index contributed by atoms with van der Waals surface area (Å²) < 4.78 is 7.72. The Balaban J connectivity index is 2.42. The highest BCUT2D eigenvalue weighted by atomic mass is 16.5. The molecule has 3 unspecified atom stereocenters. The highest BCUT2D eigenvalue weighted by Crippen LogP contribution is 2.48. The maximum atomic E-state index is 11.9. The molecule has 1 saturated heterocycles. The third-order valence-corrected chi connectivity index (χ3v) is 4.75. The molecule has 0 spiro atoms. The van der Waals surface area contributed by atoms with E-state index >= 15 is 0 Å². The minimum Gasteiger partial charge on any atom is -0.351 e. The first-order chi connectivity index (χ1) is 8.95. The first-order valence-corrected chi connectivity index (χ1v) is 6.94. The Morgan fingerprint density at radius 1 is 1.32 bits per heavy atom. The van der Waals surface area contributed by atoms with Crippen LogP contribution < -0.4 is 11.2 Å². The Hall–Kier alpha value is -1.36. The molecule has 19 heavy (non-hydrogen) atoms. The third kappa shape index (κ3) is 2.16. The highest BCUT2D eigenvalue weighted by molar-refractivity contribution is 4.97. The summed E-state index contributed by atoms with van der Waals surface area (Å²) in [6, 6.07) is 1.36. The molecule has 1 aliphatic rings. The number of H-pyrrole nitrogens is 1. The minimum absolute atomic E-state index is 0.181. The van der Waals surface area contributed by atoms with Gasteiger partial charge in [-0.3, -0.25) is 14.3 Å². The number of rotatable bonds is 3. The number of aromatic nitrogens is 2. The molecule has 0 saturated carbocycles. The van der Waals surface area contributed by atoms with Crippen molar-refractivity contribution >= 4 is 0 Å². The molecule has 0 aromatic carbocycles. The number of hydrogen-bond donors (Lipinski definition) is 1. The fourth-order valence-corrected chi connectivity index (χ4v) is 3.18. The van der Waals surface area contributed by atoms with Gasteiger partial charge in [-0.15, -0.1) is 0 Å². The summed E-state index contributed by atoms with van der Waals surface area (Å²) in [6.07, 6.45) is 3.06. The van der Waals surface area contributed by atoms with Crippen molar-refractivity contribution in [2.24, 2.45) is 11.8 Å². The summed E-state index contributed by atoms with van der Waals surface area (Å²) in [5.74, 6) is 0.592. The predicted octanol–water partition coefficient (Wildman–Crippen LogP) is 1.90. The van der Waals surface area contributed by atoms with Crippen LogP contribution in [-0.4, -0.2) is 15.2 Å². The predicted molar refractivity (Wildman–Crippen MR) is 73.1 cm³/mol. The second-order valence-corrected chi connectivity index (χ2v) is 5.45. The zero-order chi connectivity index (χ0) is 14.2. The lowest BCUT2D eigenvalue weighted by Crippen LogP contribution is -2.35. The van der Waals surface area contributed by atoms with E-state index in [1.807, 2.05) is 0 Å². The van der Waals surface area contributed by atoms with Crippen LogP contribution in [0.1, 0.15) is 46.8 Å². The highest BCUT2D eigenvalue weighted by Gasteiger charge is 2.49. The van der Waals surface area contributed by atoms with Crippen molar-refractivity contribution < 1.29 is 4.74 Å². The molecule has 1 aliphatic heterocycles. The lowest BCUT2D eigenvalue weighted by molar-refractivity contribution is -0.0919. The van der Waals surface area contributed by atoms with E-state index in [2.05, 4.69) is 32.7 Å². The molecule has 0 amide bonds. The van der Waals surface area contributed by atoms with Crippen LogP contribution in [0.2, 0.25) is 0 Å². The van der Waals surface area contributed by atoms with Crippen LogP contribution in [0, 0.1) is 11.8 Å². The van der Waals surface area contributed by atoms with E-state index in [0.29, 0.717) is 5.92 Å². The van der Waals surface area contributed by atoms with Crippen molar-refractivity contribution in [2.45, 2.75) is 52.4 Å². The van der Waals surface area contributed by atoms with E-state index in [1.165, 1.54) is 16.8 Å². The molecular weight excluding hydrogens is 244 g/mol. The number of ether oxygens (including phenoxy) is 1. The van der Waals surface area contributed by atoms with Crippen molar-refractivity contribution in [1.29, 1.82) is 0 Å². The molecule has 1 fully saturated rings. The molecule has 5 nitrogen and oxygen atoms in total. The van der Waals surface area contributed by atoms with Crippen molar-refractivity contribution in [2.75, 3.05) is 0 Å². The van der Waals surface area contributed by atoms with Gasteiger partial charge in [0.15, 0.2) is 0 Å². The topological polar surface area (TPSA) is 64.1 Å². The van der Waals surface area contributed by atoms with Gasteiger partial charge in [-0.05, 0) is 18.8 Å². The summed E-state index contributed by atoms with van der Waals surface area (Å²) >= 11 is 0. The fourth-order valence-electron chi connectivity index (χ4n) is 3.18. The molecule has 5 heteroatoms. The number of hydrogen-bond acceptors (Lipinski definition) is 3. The average molecular weight is 266 g/mol. The second-order valence-electron chi connectivity index (χ2n) is 5.45. The summed E-state index contributed by atoms with van der Waals surface area (Å²) in [7, 11) is 0. The maximum Gasteiger partial charge on any atom is 0.330 e. The van der Waals surface area contributed by atoms with Crippen LogP contribution in [-0.2, 0) is 4.74 Å². The van der Waals surface area contributed by atoms with Crippen molar-refractivity contribution in [3.8, 4) is 0 Å². The number of nitrogens with one attached hydrogen (secondary N) is 1. The largest absolute Gasteiger partial charge is 0.351 e. The molecule has 2 heterocycles. The first-order valence-electron chi connectivity index (χ1n) is 6.94. The van der Waals surface area contributed by atoms with Crippen molar-refractivity contribution in [3.63, 3.8) is 0 Å². The Bertz CT molecular complexity index is 556. The van der Waals surface area contributed by atoms with Gasteiger partial charge in [0.2, 0.25) is 0 Å². The van der Waals surface area contributed by atoms with Crippen LogP contribution in [0.4, 0.5) is 0 Å². The van der Waals surface area contributed by atoms with Gasteiger partial charge in [-0.2, -0.15) is 0 Å². The van der Waals surface area contributed by atoms with Crippen LogP contribution in [0.25, 0.3) is 0 Å². The molecule has 106 valence electrons. The van der Waals surface area contributed by atoms with Gasteiger partial charge in [-0.25, -0.2) is 4.79 Å². The normalized spacial score (nSPS) is 29.6. The molecule has 1 aromatic rings. The Kier molecular flexibility index (Phi) is 3.67. The van der Waals surface area contributed by atoms with E-state index < -0.39 is 5.69 Å². The van der Waals surface area contributed by atoms with E-state index in [4.69, 9.17) is 4.74 Å². The Labute approximate surface area is 112 Å². The van der Waals surface area contributed by atoms with Gasteiger partial charge in [0.05, 0.1) is 5.60 Å². The molecule has 0 aliphatic carbocycles. The van der Waals surface area contributed by atoms with E-state index in [-0.39, 0.29) is 23.3 Å². The average Bonchev–Trinajstić information content (AvgIpc) is 2.64. The monoisotopic (exact) mass is 266 g/mol. The Morgan fingerprint density at radius 3 is 2.42 bits per heavy atom. The maximum absolute atomic E-state index is 11.9. The van der Waals surface area contributed by atoms with Crippen LogP contribution in [0.5, 0.6) is 0 Å². The van der Waals surface area contributed by atoms with Gasteiger partial charge in [0.25, 0.3) is 5.56 Å². The van der Waals surface area contributed by atoms with E-state index in [0.717, 1.165) is 12.8 Å². The van der Waals surface area contributed by atoms with Gasteiger partial charge >= 0.3 is 5.69 Å². The summed E-state index contributed by atoms with van der Waals surface area (Å²) in [5, 5.41) is 0. The van der Waals surface area contributed by atoms with Crippen LogP contribution in [0.3, 0.4) is 0 Å². The van der Waals surface area contributed by atoms with E-state index in [1.54, 1.807) is 0 Å². The molecule has 3 atom stereocenters. The standard InChI is InChI=1S/C14H22N2O3/c1-5-14(6-2)10(4)9(3)12(19-14)16-8-7-11(17)15-13(16)18/h7-10,12H,5-6H2,1-4H3,(H,15,17,18). The van der Waals surface area contributed by atoms with E-state index in [9.17, 15) is 9.59 Å². The van der Waals surface area contributed by atoms with Crippen LogP contribution >= 0.6 is 0 Å². The Morgan fingerprint density at radius 2 is 1.95 bits per heavy atom. The first kappa shape index (κ1) is 14.1. The summed E-state index contributed by atoms with van der Waals surface area (Å²) in [4.78, 5) is 25.3. The molecule has 1 aromatic heterocycles. The fraction of sp³-hybridized carbons (Fsp3) is 0.714. The molecule has 0 radical (unpaired) electrons. The van der Waals surface area contributed by atoms with Crippen molar-refractivity contribution in [3.05, 3.63) is 33.1 Å². The molecule has 2 rings (SSSR count). The van der Waals surface area contributed by atoms with Crippen molar-refractivity contribution in [1.82, 2.24) is 9.55 Å². The van der Waals surface area contributed by atoms with Crippen LogP contribution in [0.15, 0.2) is 21.9 Å². The van der Waals surface area contributed by atoms with Gasteiger partial charge in [0, 0.05) is 18.2 Å². The number of aromatic amines is 1. The zero-order valence-electron chi connectivity index (χ0n) is 12.0. The molecule has 0 bridgehead atoms. The van der Waals surface area contributed by atoms with Gasteiger partial charge in [0.1, 0.15) is 6.23 Å². The quantitative estimate of drug-likeness (QED) is 0.908. The third-order valence-electron chi connectivity index (χ3n) is 4.75. The van der Waals surface area contributed by atoms with Gasteiger partial charge in [-0.1, -0.05) is 27.7 Å². The zero-order valence-corrected chi connectivity index (χ0v) is 12.0. The minimum atomic E-state index is -0.403. The molecule has 1 N–H and O–H groups in total. The smallest absolute Gasteiger partial charge is 0.330 e.